The summed E-state index contributed by atoms with van der Waals surface area (Å²) < 4.78 is 5.68. The molecule has 1 N–H and O–H groups in total. The van der Waals surface area contributed by atoms with Crippen molar-refractivity contribution in [3.05, 3.63) is 63.7 Å². The van der Waals surface area contributed by atoms with Gasteiger partial charge in [0.05, 0.1) is 4.92 Å². The summed E-state index contributed by atoms with van der Waals surface area (Å²) in [4.78, 5) is 10.7. The zero-order chi connectivity index (χ0) is 14.5. The number of aryl methyl sites for hydroxylation is 1. The molecule has 0 radical (unpaired) electrons. The number of aliphatic hydroxyl groups is 1. The number of nitro groups is 1. The largest absolute Gasteiger partial charge is 0.450 e. The first-order valence-corrected chi connectivity index (χ1v) is 6.24. The van der Waals surface area contributed by atoms with Gasteiger partial charge in [0.25, 0.3) is 0 Å². The summed E-state index contributed by atoms with van der Waals surface area (Å²) in [5.41, 5.74) is 1.32. The molecule has 0 aliphatic heterocycles. The molecule has 0 saturated carbocycles. The third-order valence-electron chi connectivity index (χ3n) is 2.96. The number of para-hydroxylation sites is 2. The van der Waals surface area contributed by atoms with Crippen LogP contribution in [0.3, 0.4) is 0 Å². The average molecular weight is 273 g/mol. The van der Waals surface area contributed by atoms with E-state index in [1.54, 1.807) is 37.3 Å². The topological polar surface area (TPSA) is 72.6 Å². The predicted molar refractivity (Wildman–Crippen MR) is 75.1 cm³/mol. The van der Waals surface area contributed by atoms with Crippen LogP contribution in [0.25, 0.3) is 0 Å². The Kier molecular flexibility index (Phi) is 4.32. The second-order valence-electron chi connectivity index (χ2n) is 4.36. The highest BCUT2D eigenvalue weighted by Crippen LogP contribution is 2.35. The minimum absolute atomic E-state index is 0.00369. The molecule has 2 aromatic rings. The Morgan fingerprint density at radius 2 is 1.85 bits per heavy atom. The third kappa shape index (κ3) is 2.95. The van der Waals surface area contributed by atoms with E-state index in [-0.39, 0.29) is 18.0 Å². The number of ether oxygens (including phenoxy) is 1. The molecule has 104 valence electrons. The van der Waals surface area contributed by atoms with Crippen LogP contribution in [-0.4, -0.2) is 16.6 Å². The predicted octanol–water partition coefficient (Wildman–Crippen LogP) is 3.23. The van der Waals surface area contributed by atoms with Gasteiger partial charge < -0.3 is 9.84 Å². The summed E-state index contributed by atoms with van der Waals surface area (Å²) in [5.74, 6) is 0.732. The molecule has 0 aliphatic carbocycles. The Morgan fingerprint density at radius 1 is 1.15 bits per heavy atom. The smallest absolute Gasteiger partial charge is 0.314 e. The van der Waals surface area contributed by atoms with Gasteiger partial charge >= 0.3 is 5.69 Å². The van der Waals surface area contributed by atoms with E-state index in [1.807, 2.05) is 12.1 Å². The molecule has 0 aliphatic rings. The number of benzene rings is 2. The Labute approximate surface area is 116 Å². The molecular weight excluding hydrogens is 258 g/mol. The van der Waals surface area contributed by atoms with E-state index in [1.165, 1.54) is 0 Å². The van der Waals surface area contributed by atoms with Gasteiger partial charge in [-0.2, -0.15) is 0 Å². The second kappa shape index (κ2) is 6.16. The Bertz CT molecular complexity index is 625. The number of nitro benzene ring substituents is 1. The highest BCUT2D eigenvalue weighted by molar-refractivity contribution is 5.54. The fraction of sp³-hybridized carbons (Fsp3) is 0.200. The summed E-state index contributed by atoms with van der Waals surface area (Å²) in [7, 11) is 0. The third-order valence-corrected chi connectivity index (χ3v) is 2.96. The van der Waals surface area contributed by atoms with Crippen LogP contribution >= 0.6 is 0 Å². The van der Waals surface area contributed by atoms with Gasteiger partial charge in [-0.15, -0.1) is 0 Å². The molecule has 5 heteroatoms. The molecular formula is C15H15NO4. The lowest BCUT2D eigenvalue weighted by Gasteiger charge is -2.11. The summed E-state index contributed by atoms with van der Waals surface area (Å²) in [6, 6.07) is 12.1. The first-order chi connectivity index (χ1) is 9.63. The van der Waals surface area contributed by atoms with Crippen LogP contribution in [0.4, 0.5) is 5.69 Å². The van der Waals surface area contributed by atoms with Crippen molar-refractivity contribution in [2.75, 3.05) is 6.61 Å². The van der Waals surface area contributed by atoms with Crippen LogP contribution < -0.4 is 4.74 Å². The molecule has 0 spiro atoms. The highest BCUT2D eigenvalue weighted by Gasteiger charge is 2.19. The fourth-order valence-electron chi connectivity index (χ4n) is 2.00. The molecule has 0 fully saturated rings. The normalized spacial score (nSPS) is 10.3. The number of hydrogen-bond acceptors (Lipinski definition) is 4. The first-order valence-electron chi connectivity index (χ1n) is 6.24. The summed E-state index contributed by atoms with van der Waals surface area (Å²) in [6.07, 6.45) is 0.440. The minimum Gasteiger partial charge on any atom is -0.450 e. The van der Waals surface area contributed by atoms with Crippen LogP contribution in [0.15, 0.2) is 42.5 Å². The van der Waals surface area contributed by atoms with Crippen molar-refractivity contribution in [1.82, 2.24) is 0 Å². The van der Waals surface area contributed by atoms with Crippen LogP contribution in [0.2, 0.25) is 0 Å². The zero-order valence-electron chi connectivity index (χ0n) is 11.1. The first kappa shape index (κ1) is 14.0. The minimum atomic E-state index is -0.445. The number of rotatable bonds is 5. The number of aliphatic hydroxyl groups excluding tert-OH is 1. The summed E-state index contributed by atoms with van der Waals surface area (Å²) >= 11 is 0. The maximum Gasteiger partial charge on any atom is 0.314 e. The van der Waals surface area contributed by atoms with Crippen LogP contribution in [-0.2, 0) is 6.42 Å². The SMILES string of the molecule is Cc1cccc(Oc2ccccc2CCO)c1[N+](=O)[O-]. The Morgan fingerprint density at radius 3 is 2.55 bits per heavy atom. The Balaban J connectivity index is 2.40. The quantitative estimate of drug-likeness (QED) is 0.670. The molecule has 2 rings (SSSR count). The molecule has 2 aromatic carbocycles. The molecule has 0 bridgehead atoms. The number of hydrogen-bond donors (Lipinski definition) is 1. The van der Waals surface area contributed by atoms with Crippen LogP contribution in [0.5, 0.6) is 11.5 Å². The monoisotopic (exact) mass is 273 g/mol. The van der Waals surface area contributed by atoms with Gasteiger partial charge in [-0.05, 0) is 31.0 Å². The molecule has 0 amide bonds. The average Bonchev–Trinajstić information content (AvgIpc) is 2.41. The van der Waals surface area contributed by atoms with Crippen molar-refractivity contribution in [1.29, 1.82) is 0 Å². The maximum absolute atomic E-state index is 11.1. The van der Waals surface area contributed by atoms with Gasteiger partial charge in [0.1, 0.15) is 5.75 Å². The van der Waals surface area contributed by atoms with Crippen molar-refractivity contribution in [2.45, 2.75) is 13.3 Å². The van der Waals surface area contributed by atoms with Crippen molar-refractivity contribution in [3.8, 4) is 11.5 Å². The number of nitrogens with zero attached hydrogens (tertiary/aromatic N) is 1. The summed E-state index contributed by atoms with van der Waals surface area (Å²) in [6.45, 7) is 1.67. The van der Waals surface area contributed by atoms with E-state index in [0.717, 1.165) is 5.56 Å². The van der Waals surface area contributed by atoms with Gasteiger partial charge in [-0.3, -0.25) is 10.1 Å². The maximum atomic E-state index is 11.1. The van der Waals surface area contributed by atoms with E-state index < -0.39 is 4.92 Å². The van der Waals surface area contributed by atoms with E-state index >= 15 is 0 Å². The molecule has 0 aromatic heterocycles. The molecule has 0 saturated heterocycles. The lowest BCUT2D eigenvalue weighted by Crippen LogP contribution is -1.99. The van der Waals surface area contributed by atoms with Crippen molar-refractivity contribution >= 4 is 5.69 Å². The lowest BCUT2D eigenvalue weighted by molar-refractivity contribution is -0.386. The standard InChI is InChI=1S/C15H15NO4/c1-11-5-4-8-14(15(11)16(18)19)20-13-7-3-2-6-12(13)9-10-17/h2-8,17H,9-10H2,1H3. The van der Waals surface area contributed by atoms with E-state index in [2.05, 4.69) is 0 Å². The van der Waals surface area contributed by atoms with Crippen molar-refractivity contribution < 1.29 is 14.8 Å². The van der Waals surface area contributed by atoms with Gasteiger partial charge in [-0.1, -0.05) is 30.3 Å². The zero-order valence-corrected chi connectivity index (χ0v) is 11.1. The summed E-state index contributed by atoms with van der Waals surface area (Å²) in [5, 5.41) is 20.2. The molecule has 0 heterocycles. The van der Waals surface area contributed by atoms with Gasteiger partial charge in [0, 0.05) is 12.2 Å². The second-order valence-corrected chi connectivity index (χ2v) is 4.36. The van der Waals surface area contributed by atoms with Crippen molar-refractivity contribution in [3.63, 3.8) is 0 Å². The fourth-order valence-corrected chi connectivity index (χ4v) is 2.00. The van der Waals surface area contributed by atoms with Gasteiger partial charge in [-0.25, -0.2) is 0 Å². The van der Waals surface area contributed by atoms with Gasteiger partial charge in [0.15, 0.2) is 0 Å². The van der Waals surface area contributed by atoms with E-state index in [4.69, 9.17) is 9.84 Å². The molecule has 5 nitrogen and oxygen atoms in total. The lowest BCUT2D eigenvalue weighted by atomic mass is 10.1. The van der Waals surface area contributed by atoms with E-state index in [0.29, 0.717) is 17.7 Å². The van der Waals surface area contributed by atoms with Crippen LogP contribution in [0.1, 0.15) is 11.1 Å². The molecule has 0 atom stereocenters. The molecule has 20 heavy (non-hydrogen) atoms. The van der Waals surface area contributed by atoms with Crippen molar-refractivity contribution in [2.24, 2.45) is 0 Å². The van der Waals surface area contributed by atoms with E-state index in [9.17, 15) is 10.1 Å². The Hall–Kier alpha value is -2.40. The highest BCUT2D eigenvalue weighted by atomic mass is 16.6. The van der Waals surface area contributed by atoms with Crippen LogP contribution in [0, 0.1) is 17.0 Å². The molecule has 0 unspecified atom stereocenters. The van der Waals surface area contributed by atoms with Gasteiger partial charge in [0.2, 0.25) is 5.75 Å².